The highest BCUT2D eigenvalue weighted by atomic mass is 16.5. The summed E-state index contributed by atoms with van der Waals surface area (Å²) in [5, 5.41) is 3.19. The summed E-state index contributed by atoms with van der Waals surface area (Å²) in [7, 11) is 1.61. The van der Waals surface area contributed by atoms with Crippen molar-refractivity contribution in [3.63, 3.8) is 0 Å². The zero-order valence-electron chi connectivity index (χ0n) is 12.6. The first-order chi connectivity index (χ1) is 10.2. The fourth-order valence-electron chi connectivity index (χ4n) is 1.67. The largest absolute Gasteiger partial charge is 0.477 e. The normalized spacial score (nSPS) is 10.9. The third-order valence-corrected chi connectivity index (χ3v) is 2.61. The molecule has 2 rings (SSSR count). The summed E-state index contributed by atoms with van der Waals surface area (Å²) < 4.78 is 16.0. The summed E-state index contributed by atoms with van der Waals surface area (Å²) in [4.78, 5) is 8.70. The van der Waals surface area contributed by atoms with Crippen LogP contribution < -0.4 is 10.1 Å². The fourth-order valence-corrected chi connectivity index (χ4v) is 1.67. The van der Waals surface area contributed by atoms with Gasteiger partial charge in [-0.1, -0.05) is 13.8 Å². The highest BCUT2D eigenvalue weighted by Gasteiger charge is 2.07. The Hall–Kier alpha value is -2.08. The Balaban J connectivity index is 2.06. The molecule has 114 valence electrons. The smallest absolute Gasteiger partial charge is 0.218 e. The number of rotatable bonds is 8. The van der Waals surface area contributed by atoms with Gasteiger partial charge in [0.15, 0.2) is 5.82 Å². The number of methoxy groups -OCH3 is 1. The molecule has 0 aliphatic heterocycles. The Labute approximate surface area is 124 Å². The summed E-state index contributed by atoms with van der Waals surface area (Å²) in [6.45, 7) is 5.69. The second-order valence-electron chi connectivity index (χ2n) is 5.08. The van der Waals surface area contributed by atoms with E-state index in [0.717, 1.165) is 5.76 Å². The van der Waals surface area contributed by atoms with E-state index in [1.165, 1.54) is 0 Å². The minimum Gasteiger partial charge on any atom is -0.477 e. The molecule has 0 aliphatic rings. The molecule has 2 aromatic heterocycles. The van der Waals surface area contributed by atoms with Crippen LogP contribution in [0.15, 0.2) is 28.9 Å². The van der Waals surface area contributed by atoms with Crippen LogP contribution in [-0.2, 0) is 17.9 Å². The van der Waals surface area contributed by atoms with Gasteiger partial charge in [-0.2, -0.15) is 4.98 Å². The number of anilines is 1. The van der Waals surface area contributed by atoms with E-state index in [1.54, 1.807) is 19.4 Å². The van der Waals surface area contributed by atoms with Gasteiger partial charge in [0.25, 0.3) is 0 Å². The van der Waals surface area contributed by atoms with Crippen LogP contribution in [0.5, 0.6) is 5.88 Å². The van der Waals surface area contributed by atoms with Crippen molar-refractivity contribution in [2.45, 2.75) is 27.0 Å². The van der Waals surface area contributed by atoms with Crippen molar-refractivity contribution in [2.75, 3.05) is 19.0 Å². The number of nitrogens with one attached hydrogen (secondary N) is 1. The van der Waals surface area contributed by atoms with Crippen LogP contribution in [0.3, 0.4) is 0 Å². The molecule has 0 radical (unpaired) electrons. The molecule has 0 unspecified atom stereocenters. The molecule has 0 spiro atoms. The molecule has 0 amide bonds. The van der Waals surface area contributed by atoms with Gasteiger partial charge in [-0.25, -0.2) is 4.98 Å². The molecule has 0 saturated carbocycles. The molecule has 1 N–H and O–H groups in total. The second kappa shape index (κ2) is 7.64. The molecule has 0 aromatic carbocycles. The van der Waals surface area contributed by atoms with Crippen molar-refractivity contribution in [1.29, 1.82) is 0 Å². The van der Waals surface area contributed by atoms with Crippen LogP contribution >= 0.6 is 0 Å². The van der Waals surface area contributed by atoms with Crippen LogP contribution in [0, 0.1) is 5.92 Å². The van der Waals surface area contributed by atoms with Crippen LogP contribution in [0.2, 0.25) is 0 Å². The molecular formula is C15H21N3O3. The van der Waals surface area contributed by atoms with E-state index in [-0.39, 0.29) is 0 Å². The number of ether oxygens (including phenoxy) is 2. The highest BCUT2D eigenvalue weighted by molar-refractivity contribution is 5.38. The van der Waals surface area contributed by atoms with E-state index < -0.39 is 0 Å². The summed E-state index contributed by atoms with van der Waals surface area (Å²) in [5.41, 5.74) is 0. The Bertz CT molecular complexity index is 541. The van der Waals surface area contributed by atoms with Gasteiger partial charge in [0.2, 0.25) is 5.88 Å². The van der Waals surface area contributed by atoms with E-state index in [1.807, 2.05) is 12.1 Å². The maximum atomic E-state index is 5.66. The standard InChI is InChI=1S/C15H21N3O3/c1-11(2)9-21-15-7-13(17-14(18-15)10-19-3)16-8-12-5-4-6-20-12/h4-7,11H,8-10H2,1-3H3,(H,16,17,18). The first-order valence-corrected chi connectivity index (χ1v) is 6.93. The van der Waals surface area contributed by atoms with Crippen LogP contribution in [0.1, 0.15) is 25.4 Å². The average Bonchev–Trinajstić information content (AvgIpc) is 2.96. The van der Waals surface area contributed by atoms with Crippen molar-refractivity contribution in [2.24, 2.45) is 5.92 Å². The molecule has 0 fully saturated rings. The van der Waals surface area contributed by atoms with Crippen molar-refractivity contribution < 1.29 is 13.9 Å². The van der Waals surface area contributed by atoms with E-state index in [0.29, 0.717) is 43.2 Å². The monoisotopic (exact) mass is 291 g/mol. The Morgan fingerprint density at radius 1 is 1.33 bits per heavy atom. The third kappa shape index (κ3) is 5.07. The summed E-state index contributed by atoms with van der Waals surface area (Å²) in [6.07, 6.45) is 1.64. The minimum absolute atomic E-state index is 0.342. The Kier molecular flexibility index (Phi) is 5.57. The van der Waals surface area contributed by atoms with E-state index in [4.69, 9.17) is 13.9 Å². The molecule has 2 aromatic rings. The zero-order valence-corrected chi connectivity index (χ0v) is 12.6. The summed E-state index contributed by atoms with van der Waals surface area (Å²) >= 11 is 0. The van der Waals surface area contributed by atoms with Gasteiger partial charge in [0.05, 0.1) is 19.4 Å². The van der Waals surface area contributed by atoms with Crippen LogP contribution in [-0.4, -0.2) is 23.7 Å². The minimum atomic E-state index is 0.342. The maximum Gasteiger partial charge on any atom is 0.218 e. The van der Waals surface area contributed by atoms with E-state index in [9.17, 15) is 0 Å². The van der Waals surface area contributed by atoms with Crippen molar-refractivity contribution in [3.8, 4) is 5.88 Å². The van der Waals surface area contributed by atoms with Gasteiger partial charge in [0, 0.05) is 13.2 Å². The topological polar surface area (TPSA) is 69.4 Å². The number of hydrogen-bond donors (Lipinski definition) is 1. The molecule has 6 heteroatoms. The lowest BCUT2D eigenvalue weighted by Gasteiger charge is -2.11. The van der Waals surface area contributed by atoms with Gasteiger partial charge < -0.3 is 19.2 Å². The van der Waals surface area contributed by atoms with Gasteiger partial charge in [-0.05, 0) is 18.1 Å². The SMILES string of the molecule is COCc1nc(NCc2ccco2)cc(OCC(C)C)n1. The first kappa shape index (κ1) is 15.3. The predicted molar refractivity (Wildman–Crippen MR) is 79.1 cm³/mol. The van der Waals surface area contributed by atoms with Crippen LogP contribution in [0.25, 0.3) is 0 Å². The average molecular weight is 291 g/mol. The maximum absolute atomic E-state index is 5.66. The lowest BCUT2D eigenvalue weighted by molar-refractivity contribution is 0.175. The van der Waals surface area contributed by atoms with Crippen molar-refractivity contribution in [1.82, 2.24) is 9.97 Å². The first-order valence-electron chi connectivity index (χ1n) is 6.93. The molecular weight excluding hydrogens is 270 g/mol. The van der Waals surface area contributed by atoms with Gasteiger partial charge in [0.1, 0.15) is 18.2 Å². The molecule has 6 nitrogen and oxygen atoms in total. The molecule has 0 atom stereocenters. The predicted octanol–water partition coefficient (Wildman–Crippen LogP) is 2.86. The molecule has 0 aliphatic carbocycles. The van der Waals surface area contributed by atoms with Crippen molar-refractivity contribution >= 4 is 5.82 Å². The van der Waals surface area contributed by atoms with Gasteiger partial charge >= 0.3 is 0 Å². The summed E-state index contributed by atoms with van der Waals surface area (Å²) in [5.74, 6) is 3.09. The Morgan fingerprint density at radius 3 is 2.86 bits per heavy atom. The quantitative estimate of drug-likeness (QED) is 0.806. The van der Waals surface area contributed by atoms with Gasteiger partial charge in [-0.3, -0.25) is 0 Å². The highest BCUT2D eigenvalue weighted by Crippen LogP contribution is 2.16. The lowest BCUT2D eigenvalue weighted by atomic mass is 10.2. The number of aromatic nitrogens is 2. The molecule has 0 bridgehead atoms. The summed E-state index contributed by atoms with van der Waals surface area (Å²) in [6, 6.07) is 5.54. The third-order valence-electron chi connectivity index (χ3n) is 2.61. The number of furan rings is 1. The molecule has 2 heterocycles. The number of nitrogens with zero attached hydrogens (tertiary/aromatic N) is 2. The second-order valence-corrected chi connectivity index (χ2v) is 5.08. The fraction of sp³-hybridized carbons (Fsp3) is 0.467. The Morgan fingerprint density at radius 2 is 2.19 bits per heavy atom. The number of hydrogen-bond acceptors (Lipinski definition) is 6. The molecule has 0 saturated heterocycles. The van der Waals surface area contributed by atoms with E-state index >= 15 is 0 Å². The van der Waals surface area contributed by atoms with Crippen LogP contribution in [0.4, 0.5) is 5.82 Å². The van der Waals surface area contributed by atoms with E-state index in [2.05, 4.69) is 29.1 Å². The zero-order chi connectivity index (χ0) is 15.1. The van der Waals surface area contributed by atoms with Gasteiger partial charge in [-0.15, -0.1) is 0 Å². The lowest BCUT2D eigenvalue weighted by Crippen LogP contribution is -2.10. The van der Waals surface area contributed by atoms with Crippen molar-refractivity contribution in [3.05, 3.63) is 36.0 Å². The molecule has 21 heavy (non-hydrogen) atoms.